The Bertz CT molecular complexity index is 1160. The van der Waals surface area contributed by atoms with Crippen LogP contribution in [0.1, 0.15) is 55.2 Å². The Hall–Kier alpha value is -2.02. The van der Waals surface area contributed by atoms with Crippen molar-refractivity contribution in [2.75, 3.05) is 26.8 Å². The van der Waals surface area contributed by atoms with Gasteiger partial charge in [-0.15, -0.1) is 0 Å². The molecular weight excluding hydrogens is 442 g/mol. The number of hydrogen-bond acceptors (Lipinski definition) is 6. The molecule has 1 aromatic heterocycles. The smallest absolute Gasteiger partial charge is 0.165 e. The Morgan fingerprint density at radius 2 is 2.09 bits per heavy atom. The highest BCUT2D eigenvalue weighted by Crippen LogP contribution is 2.76. The number of benzene rings is 1. The molecule has 0 amide bonds. The Morgan fingerprint density at radius 1 is 1.17 bits per heavy atom. The van der Waals surface area contributed by atoms with Crippen LogP contribution in [0.4, 0.5) is 0 Å². The molecule has 4 bridgehead atoms. The topological polar surface area (TPSA) is 64.3 Å². The largest absolute Gasteiger partial charge is 0.504 e. The number of piperidine rings is 1. The lowest BCUT2D eigenvalue weighted by Gasteiger charge is -2.74. The molecule has 9 rings (SSSR count). The summed E-state index contributed by atoms with van der Waals surface area (Å²) in [6, 6.07) is 6.52. The van der Waals surface area contributed by atoms with Gasteiger partial charge in [-0.1, -0.05) is 6.07 Å². The number of ether oxygens (including phenoxy) is 3. The maximum Gasteiger partial charge on any atom is 0.165 e. The third kappa shape index (κ3) is 2.51. The molecular formula is C29H35NO5. The number of phenolic OH excluding ortho intramolecular Hbond substituents is 1. The van der Waals surface area contributed by atoms with E-state index < -0.39 is 5.60 Å². The average molecular weight is 478 g/mol. The second-order valence-corrected chi connectivity index (χ2v) is 12.2. The third-order valence-corrected chi connectivity index (χ3v) is 11.0. The predicted octanol–water partition coefficient (Wildman–Crippen LogP) is 4.43. The van der Waals surface area contributed by atoms with E-state index in [-0.39, 0.29) is 22.9 Å². The van der Waals surface area contributed by atoms with Gasteiger partial charge in [-0.25, -0.2) is 0 Å². The average Bonchev–Trinajstić information content (AvgIpc) is 3.38. The molecule has 1 aromatic carbocycles. The van der Waals surface area contributed by atoms with Crippen LogP contribution in [-0.2, 0) is 27.9 Å². The van der Waals surface area contributed by atoms with Gasteiger partial charge in [0.05, 0.1) is 25.7 Å². The van der Waals surface area contributed by atoms with Crippen LogP contribution in [-0.4, -0.2) is 54.6 Å². The summed E-state index contributed by atoms with van der Waals surface area (Å²) in [5.74, 6) is 2.18. The van der Waals surface area contributed by atoms with E-state index in [9.17, 15) is 5.11 Å². The van der Waals surface area contributed by atoms with Gasteiger partial charge in [0.15, 0.2) is 11.5 Å². The number of furan rings is 1. The van der Waals surface area contributed by atoms with E-state index >= 15 is 0 Å². The van der Waals surface area contributed by atoms with E-state index in [2.05, 4.69) is 11.0 Å². The quantitative estimate of drug-likeness (QED) is 0.637. The third-order valence-electron chi connectivity index (χ3n) is 11.0. The van der Waals surface area contributed by atoms with E-state index in [1.165, 1.54) is 36.9 Å². The highest BCUT2D eigenvalue weighted by Gasteiger charge is 2.80. The van der Waals surface area contributed by atoms with Gasteiger partial charge < -0.3 is 23.7 Å². The first-order chi connectivity index (χ1) is 17.1. The van der Waals surface area contributed by atoms with E-state index in [0.29, 0.717) is 25.0 Å². The molecule has 1 saturated heterocycles. The van der Waals surface area contributed by atoms with Crippen LogP contribution in [0.3, 0.4) is 0 Å². The maximum atomic E-state index is 10.9. The molecule has 5 fully saturated rings. The second-order valence-electron chi connectivity index (χ2n) is 12.2. The lowest BCUT2D eigenvalue weighted by molar-refractivity contribution is -0.283. The standard InChI is InChI=1S/C29H35NO5/c1-32-29-8-7-27(13-21(29)17-34-16-19-6-11-33-15-19)23-12-20-4-5-22(31)25-24(20)28(27,26(29)35-25)9-10-30(23)14-18-2-3-18/h4-6,11,15,18,21,23,26,31H,2-3,7-10,12-14,16-17H2,1H3/t21?,23-,26-,27-,28+,29?/m1/s1. The molecule has 5 aliphatic carbocycles. The summed E-state index contributed by atoms with van der Waals surface area (Å²) >= 11 is 0. The van der Waals surface area contributed by atoms with Crippen LogP contribution in [0.5, 0.6) is 11.5 Å². The fourth-order valence-corrected chi connectivity index (χ4v) is 9.44. The van der Waals surface area contributed by atoms with Crippen molar-refractivity contribution in [2.24, 2.45) is 17.3 Å². The minimum Gasteiger partial charge on any atom is -0.504 e. The van der Waals surface area contributed by atoms with Gasteiger partial charge in [0.25, 0.3) is 0 Å². The van der Waals surface area contributed by atoms with Gasteiger partial charge in [0.1, 0.15) is 11.7 Å². The Labute approximate surface area is 206 Å². The highest BCUT2D eigenvalue weighted by atomic mass is 16.6. The molecule has 2 spiro atoms. The molecule has 35 heavy (non-hydrogen) atoms. The van der Waals surface area contributed by atoms with Crippen molar-refractivity contribution >= 4 is 0 Å². The van der Waals surface area contributed by atoms with Crippen LogP contribution in [0.15, 0.2) is 35.1 Å². The molecule has 7 aliphatic rings. The minimum absolute atomic E-state index is 0.0713. The van der Waals surface area contributed by atoms with Crippen LogP contribution in [0.25, 0.3) is 0 Å². The van der Waals surface area contributed by atoms with Gasteiger partial charge in [-0.2, -0.15) is 0 Å². The lowest BCUT2D eigenvalue weighted by Crippen LogP contribution is -2.81. The van der Waals surface area contributed by atoms with Gasteiger partial charge >= 0.3 is 0 Å². The number of aromatic hydroxyl groups is 1. The van der Waals surface area contributed by atoms with E-state index in [1.54, 1.807) is 12.5 Å². The molecule has 6 atom stereocenters. The lowest BCUT2D eigenvalue weighted by atomic mass is 9.35. The maximum absolute atomic E-state index is 10.9. The number of fused-ring (bicyclic) bond motifs is 2. The van der Waals surface area contributed by atoms with Gasteiger partial charge in [0.2, 0.25) is 0 Å². The first-order valence-electron chi connectivity index (χ1n) is 13.5. The van der Waals surface area contributed by atoms with Crippen LogP contribution < -0.4 is 4.74 Å². The normalized spacial score (nSPS) is 40.5. The monoisotopic (exact) mass is 477 g/mol. The molecule has 3 heterocycles. The number of rotatable bonds is 7. The second kappa shape index (κ2) is 7.05. The number of likely N-dealkylation sites (tertiary alicyclic amines) is 1. The summed E-state index contributed by atoms with van der Waals surface area (Å²) in [6.07, 6.45) is 11.6. The number of methoxy groups -OCH3 is 1. The Kier molecular flexibility index (Phi) is 4.25. The van der Waals surface area contributed by atoms with E-state index in [4.69, 9.17) is 18.6 Å². The predicted molar refractivity (Wildman–Crippen MR) is 128 cm³/mol. The Morgan fingerprint density at radius 3 is 2.89 bits per heavy atom. The molecule has 2 unspecified atom stereocenters. The fraction of sp³-hybridized carbons (Fsp3) is 0.655. The minimum atomic E-state index is -0.401. The van der Waals surface area contributed by atoms with Crippen molar-refractivity contribution in [3.05, 3.63) is 47.4 Å². The number of phenols is 1. The van der Waals surface area contributed by atoms with Crippen molar-refractivity contribution in [3.8, 4) is 11.5 Å². The van der Waals surface area contributed by atoms with E-state index in [1.807, 2.05) is 19.2 Å². The van der Waals surface area contributed by atoms with Crippen molar-refractivity contribution in [2.45, 2.75) is 74.7 Å². The summed E-state index contributed by atoms with van der Waals surface area (Å²) in [4.78, 5) is 2.85. The first kappa shape index (κ1) is 21.1. The van der Waals surface area contributed by atoms with Crippen LogP contribution in [0.2, 0.25) is 0 Å². The molecule has 6 nitrogen and oxygen atoms in total. The fourth-order valence-electron chi connectivity index (χ4n) is 9.44. The van der Waals surface area contributed by atoms with Crippen molar-refractivity contribution in [3.63, 3.8) is 0 Å². The zero-order chi connectivity index (χ0) is 23.4. The van der Waals surface area contributed by atoms with Crippen molar-refractivity contribution in [1.82, 2.24) is 4.90 Å². The summed E-state index contributed by atoms with van der Waals surface area (Å²) in [7, 11) is 1.87. The van der Waals surface area contributed by atoms with Crippen LogP contribution in [0, 0.1) is 17.3 Å². The number of nitrogens with zero attached hydrogens (tertiary/aromatic N) is 1. The molecule has 186 valence electrons. The zero-order valence-corrected chi connectivity index (χ0v) is 20.5. The summed E-state index contributed by atoms with van der Waals surface area (Å²) in [5, 5.41) is 10.9. The summed E-state index contributed by atoms with van der Waals surface area (Å²) in [5.41, 5.74) is 3.44. The molecule has 0 radical (unpaired) electrons. The van der Waals surface area contributed by atoms with Gasteiger partial charge in [-0.3, -0.25) is 4.90 Å². The highest BCUT2D eigenvalue weighted by molar-refractivity contribution is 5.63. The SMILES string of the molecule is COC12CC[C@@]3(CC1COCc1ccoc1)[C@H]1Cc4ccc(O)c5c4[C@@]3(CCN1CC1CC1)[C@H]2O5. The first-order valence-corrected chi connectivity index (χ1v) is 13.5. The molecule has 4 saturated carbocycles. The summed E-state index contributed by atoms with van der Waals surface area (Å²) in [6.45, 7) is 3.57. The van der Waals surface area contributed by atoms with Gasteiger partial charge in [-0.05, 0) is 75.1 Å². The van der Waals surface area contributed by atoms with Gasteiger partial charge in [0, 0.05) is 47.6 Å². The molecule has 6 heteroatoms. The molecule has 2 aromatic rings. The van der Waals surface area contributed by atoms with Crippen molar-refractivity contribution in [1.29, 1.82) is 0 Å². The number of hydrogen-bond donors (Lipinski definition) is 1. The van der Waals surface area contributed by atoms with Crippen LogP contribution >= 0.6 is 0 Å². The van der Waals surface area contributed by atoms with E-state index in [0.717, 1.165) is 49.5 Å². The summed E-state index contributed by atoms with van der Waals surface area (Å²) < 4.78 is 25.0. The molecule has 1 N–H and O–H groups in total. The molecule has 2 aliphatic heterocycles. The zero-order valence-electron chi connectivity index (χ0n) is 20.5. The van der Waals surface area contributed by atoms with Crippen molar-refractivity contribution < 1.29 is 23.7 Å². The Balaban J connectivity index is 1.24.